The summed E-state index contributed by atoms with van der Waals surface area (Å²) in [6, 6.07) is 20.7. The number of hydrogen-bond donors (Lipinski definition) is 2. The normalized spacial score (nSPS) is 12.7. The molecule has 2 N–H and O–H groups in total. The van der Waals surface area contributed by atoms with Gasteiger partial charge in [0.05, 0.1) is 22.8 Å². The Bertz CT molecular complexity index is 1500. The maximum absolute atomic E-state index is 4.90. The van der Waals surface area contributed by atoms with Gasteiger partial charge in [-0.25, -0.2) is 9.97 Å². The highest BCUT2D eigenvalue weighted by molar-refractivity contribution is 5.85. The fraction of sp³-hybridized carbons (Fsp3) is 0.0385. The van der Waals surface area contributed by atoms with Gasteiger partial charge in [-0.2, -0.15) is 0 Å². The van der Waals surface area contributed by atoms with Crippen molar-refractivity contribution in [2.45, 2.75) is 6.42 Å². The number of pyridine rings is 1. The second kappa shape index (κ2) is 7.22. The predicted molar refractivity (Wildman–Crippen MR) is 126 cm³/mol. The van der Waals surface area contributed by atoms with E-state index in [0.29, 0.717) is 0 Å². The molecule has 8 bridgehead atoms. The number of nitrogens with zero attached hydrogens (tertiary/aromatic N) is 3. The van der Waals surface area contributed by atoms with E-state index < -0.39 is 0 Å². The largest absolute Gasteiger partial charge is 0.355 e. The third kappa shape index (κ3) is 3.69. The van der Waals surface area contributed by atoms with Crippen LogP contribution in [-0.4, -0.2) is 24.9 Å². The zero-order valence-corrected chi connectivity index (χ0v) is 16.7. The first-order chi connectivity index (χ1) is 15.3. The number of H-pyrrole nitrogens is 2. The van der Waals surface area contributed by atoms with Gasteiger partial charge in [-0.3, -0.25) is 4.98 Å². The van der Waals surface area contributed by atoms with Crippen LogP contribution in [0.15, 0.2) is 73.1 Å². The minimum absolute atomic E-state index is 0.795. The number of rotatable bonds is 2. The minimum atomic E-state index is 0.795. The van der Waals surface area contributed by atoms with Crippen molar-refractivity contribution < 1.29 is 0 Å². The summed E-state index contributed by atoms with van der Waals surface area (Å²) >= 11 is 0. The Balaban J connectivity index is 1.57. The van der Waals surface area contributed by atoms with Crippen LogP contribution in [0, 0.1) is 0 Å². The Morgan fingerprint density at radius 2 is 1.23 bits per heavy atom. The molecular weight excluding hydrogens is 382 g/mol. The van der Waals surface area contributed by atoms with Gasteiger partial charge in [0.2, 0.25) is 0 Å². The average Bonchev–Trinajstić information content (AvgIpc) is 3.55. The van der Waals surface area contributed by atoms with Gasteiger partial charge in [-0.1, -0.05) is 0 Å². The number of aromatic nitrogens is 5. The molecule has 148 valence electrons. The maximum atomic E-state index is 4.90. The highest BCUT2D eigenvalue weighted by Gasteiger charge is 2.12. The third-order valence-corrected chi connectivity index (χ3v) is 5.39. The predicted octanol–water partition coefficient (Wildman–Crippen LogP) is 5.66. The molecule has 2 aliphatic heterocycles. The van der Waals surface area contributed by atoms with Gasteiger partial charge in [0, 0.05) is 34.5 Å². The molecule has 0 radical (unpaired) electrons. The van der Waals surface area contributed by atoms with Crippen molar-refractivity contribution in [2.75, 3.05) is 0 Å². The second-order valence-electron chi connectivity index (χ2n) is 7.73. The van der Waals surface area contributed by atoms with Gasteiger partial charge in [0.1, 0.15) is 0 Å². The zero-order chi connectivity index (χ0) is 20.6. The highest BCUT2D eigenvalue weighted by atomic mass is 14.8. The SMILES string of the molecule is C1=Cc2cc3ccc(cc4ccc(cc5nc(cc1n2)C(Cc1ccncc1)=C5)[nH]4)[nH]3. The van der Waals surface area contributed by atoms with Crippen molar-refractivity contribution in [3.05, 3.63) is 101 Å². The summed E-state index contributed by atoms with van der Waals surface area (Å²) in [6.45, 7) is 0. The summed E-state index contributed by atoms with van der Waals surface area (Å²) in [5.41, 5.74) is 10.2. The first-order valence-corrected chi connectivity index (χ1v) is 10.2. The van der Waals surface area contributed by atoms with Crippen LogP contribution in [0.4, 0.5) is 0 Å². The molecule has 0 atom stereocenters. The quantitative estimate of drug-likeness (QED) is 0.401. The van der Waals surface area contributed by atoms with Gasteiger partial charge in [-0.15, -0.1) is 0 Å². The Morgan fingerprint density at radius 1 is 0.613 bits per heavy atom. The number of fused-ring (bicyclic) bond motifs is 8. The lowest BCUT2D eigenvalue weighted by Crippen LogP contribution is -1.89. The highest BCUT2D eigenvalue weighted by Crippen LogP contribution is 2.26. The smallest absolute Gasteiger partial charge is 0.0694 e. The van der Waals surface area contributed by atoms with Crippen molar-refractivity contribution in [3.63, 3.8) is 0 Å². The van der Waals surface area contributed by atoms with Crippen LogP contribution >= 0.6 is 0 Å². The summed E-state index contributed by atoms with van der Waals surface area (Å²) < 4.78 is 0. The molecule has 0 fully saturated rings. The zero-order valence-electron chi connectivity index (χ0n) is 16.7. The Labute approximate surface area is 178 Å². The molecule has 0 amide bonds. The second-order valence-corrected chi connectivity index (χ2v) is 7.73. The molecule has 2 aliphatic rings. The fourth-order valence-corrected chi connectivity index (χ4v) is 3.93. The monoisotopic (exact) mass is 401 g/mol. The Morgan fingerprint density at radius 3 is 1.94 bits per heavy atom. The summed E-state index contributed by atoms with van der Waals surface area (Å²) in [4.78, 5) is 20.7. The van der Waals surface area contributed by atoms with Gasteiger partial charge < -0.3 is 9.97 Å². The molecule has 0 saturated carbocycles. The maximum Gasteiger partial charge on any atom is 0.0694 e. The number of allylic oxidation sites excluding steroid dienone is 1. The number of nitrogens with one attached hydrogen (secondary N) is 2. The fourth-order valence-electron chi connectivity index (χ4n) is 3.93. The first-order valence-electron chi connectivity index (χ1n) is 10.2. The van der Waals surface area contributed by atoms with E-state index in [0.717, 1.165) is 51.3 Å². The van der Waals surface area contributed by atoms with Gasteiger partial charge in [0.15, 0.2) is 0 Å². The molecule has 5 heteroatoms. The van der Waals surface area contributed by atoms with Crippen molar-refractivity contribution in [3.8, 4) is 0 Å². The number of aromatic amines is 2. The van der Waals surface area contributed by atoms with E-state index in [1.165, 1.54) is 11.1 Å². The first kappa shape index (κ1) is 17.6. The van der Waals surface area contributed by atoms with Crippen LogP contribution < -0.4 is 0 Å². The van der Waals surface area contributed by atoms with Gasteiger partial charge in [0.25, 0.3) is 0 Å². The molecular formula is C26H19N5. The molecule has 6 rings (SSSR count). The average molecular weight is 401 g/mol. The molecule has 31 heavy (non-hydrogen) atoms. The van der Waals surface area contributed by atoms with Crippen LogP contribution in [0.25, 0.3) is 45.9 Å². The van der Waals surface area contributed by atoms with E-state index in [4.69, 9.17) is 9.97 Å². The lowest BCUT2D eigenvalue weighted by molar-refractivity contribution is 1.20. The van der Waals surface area contributed by atoms with Crippen LogP contribution in [0.2, 0.25) is 0 Å². The molecule has 4 aromatic heterocycles. The summed E-state index contributed by atoms with van der Waals surface area (Å²) in [5, 5.41) is 0. The van der Waals surface area contributed by atoms with Crippen LogP contribution in [0.1, 0.15) is 28.3 Å². The van der Waals surface area contributed by atoms with Crippen LogP contribution in [0.3, 0.4) is 0 Å². The van der Waals surface area contributed by atoms with E-state index >= 15 is 0 Å². The Hall–Kier alpha value is -4.25. The van der Waals surface area contributed by atoms with Crippen molar-refractivity contribution in [1.82, 2.24) is 24.9 Å². The van der Waals surface area contributed by atoms with E-state index in [-0.39, 0.29) is 0 Å². The number of hydrogen-bond acceptors (Lipinski definition) is 3. The molecule has 0 spiro atoms. The van der Waals surface area contributed by atoms with Gasteiger partial charge >= 0.3 is 0 Å². The molecule has 0 saturated heterocycles. The Kier molecular flexibility index (Phi) is 4.10. The van der Waals surface area contributed by atoms with Crippen molar-refractivity contribution in [2.24, 2.45) is 0 Å². The summed E-state index contributed by atoms with van der Waals surface area (Å²) in [6.07, 6.45) is 10.7. The van der Waals surface area contributed by atoms with E-state index in [1.807, 2.05) is 36.7 Å². The molecule has 6 heterocycles. The van der Waals surface area contributed by atoms with E-state index in [1.54, 1.807) is 0 Å². The van der Waals surface area contributed by atoms with E-state index in [2.05, 4.69) is 69.6 Å². The lowest BCUT2D eigenvalue weighted by Gasteiger charge is -2.02. The molecule has 0 unspecified atom stereocenters. The summed E-state index contributed by atoms with van der Waals surface area (Å²) in [5.74, 6) is 0. The molecule has 4 aromatic rings. The van der Waals surface area contributed by atoms with Gasteiger partial charge in [-0.05, 0) is 96.4 Å². The third-order valence-electron chi connectivity index (χ3n) is 5.39. The minimum Gasteiger partial charge on any atom is -0.355 e. The van der Waals surface area contributed by atoms with Crippen LogP contribution in [0.5, 0.6) is 0 Å². The standard InChI is InChI=1S/C26H19N5/c1-2-20-14-22-5-6-24(30-22)16-26-18(11-17-7-9-27-10-8-17)12-25(31-26)15-23-4-3-21(29-23)13-19(1)28-20/h1-10,12-16,28-29H,11H2. The molecule has 0 aliphatic carbocycles. The summed E-state index contributed by atoms with van der Waals surface area (Å²) in [7, 11) is 0. The topological polar surface area (TPSA) is 70.2 Å². The van der Waals surface area contributed by atoms with Crippen LogP contribution in [-0.2, 0) is 6.42 Å². The van der Waals surface area contributed by atoms with Crippen molar-refractivity contribution >= 4 is 45.9 Å². The lowest BCUT2D eigenvalue weighted by atomic mass is 10.0. The van der Waals surface area contributed by atoms with Crippen molar-refractivity contribution in [1.29, 1.82) is 0 Å². The van der Waals surface area contributed by atoms with E-state index in [9.17, 15) is 0 Å². The molecule has 5 nitrogen and oxygen atoms in total. The molecule has 0 aromatic carbocycles.